The van der Waals surface area contributed by atoms with Gasteiger partial charge in [0.25, 0.3) is 0 Å². The number of rotatable bonds is 3. The van der Waals surface area contributed by atoms with Crippen LogP contribution in [0.25, 0.3) is 0 Å². The summed E-state index contributed by atoms with van der Waals surface area (Å²) < 4.78 is 5.35. The lowest BCUT2D eigenvalue weighted by Crippen LogP contribution is -2.42. The summed E-state index contributed by atoms with van der Waals surface area (Å²) in [5, 5.41) is 19.6. The van der Waals surface area contributed by atoms with E-state index in [2.05, 4.69) is 6.07 Å². The quantitative estimate of drug-likeness (QED) is 0.864. The minimum atomic E-state index is -0.728. The second kappa shape index (κ2) is 5.31. The normalized spacial score (nSPS) is 26.1. The van der Waals surface area contributed by atoms with Crippen molar-refractivity contribution in [1.82, 2.24) is 0 Å². The minimum absolute atomic E-state index is 0.345. The third kappa shape index (κ3) is 2.66. The molecule has 1 aromatic rings. The number of ether oxygens (including phenoxy) is 1. The van der Waals surface area contributed by atoms with Gasteiger partial charge in [0, 0.05) is 13.0 Å². The molecular formula is C14H17NO2. The molecule has 0 aromatic heterocycles. The maximum absolute atomic E-state index is 10.3. The van der Waals surface area contributed by atoms with E-state index in [9.17, 15) is 10.4 Å². The van der Waals surface area contributed by atoms with Crippen LogP contribution in [0.2, 0.25) is 0 Å². The molecule has 2 rings (SSSR count). The van der Waals surface area contributed by atoms with E-state index >= 15 is 0 Å². The largest absolute Gasteiger partial charge is 0.391 e. The van der Waals surface area contributed by atoms with Crippen molar-refractivity contribution < 1.29 is 9.84 Å². The monoisotopic (exact) mass is 231 g/mol. The molecule has 1 aromatic carbocycles. The highest BCUT2D eigenvalue weighted by Crippen LogP contribution is 2.33. The van der Waals surface area contributed by atoms with Crippen molar-refractivity contribution in [2.75, 3.05) is 13.2 Å². The van der Waals surface area contributed by atoms with E-state index in [1.807, 2.05) is 30.3 Å². The van der Waals surface area contributed by atoms with Crippen molar-refractivity contribution in [3.8, 4) is 6.07 Å². The molecule has 3 heteroatoms. The summed E-state index contributed by atoms with van der Waals surface area (Å²) >= 11 is 0. The van der Waals surface area contributed by atoms with Crippen LogP contribution in [-0.2, 0) is 11.2 Å². The lowest BCUT2D eigenvalue weighted by atomic mass is 9.76. The average Bonchev–Trinajstić information content (AvgIpc) is 2.40. The molecule has 3 nitrogen and oxygen atoms in total. The Bertz CT molecular complexity index is 390. The Hall–Kier alpha value is -1.37. The van der Waals surface area contributed by atoms with Crippen molar-refractivity contribution in [2.45, 2.75) is 25.4 Å². The molecule has 0 saturated carbocycles. The number of nitriles is 1. The standard InChI is InChI=1S/C14H17NO2/c15-10-14(7-4-8-17-11-14)13(16)9-12-5-2-1-3-6-12/h1-3,5-6,13,16H,4,7-9,11H2. The molecule has 0 spiro atoms. The van der Waals surface area contributed by atoms with E-state index in [4.69, 9.17) is 4.74 Å². The molecule has 1 heterocycles. The van der Waals surface area contributed by atoms with Crippen LogP contribution in [0.15, 0.2) is 30.3 Å². The van der Waals surface area contributed by atoms with Gasteiger partial charge in [0.2, 0.25) is 0 Å². The van der Waals surface area contributed by atoms with Gasteiger partial charge in [-0.25, -0.2) is 0 Å². The summed E-state index contributed by atoms with van der Waals surface area (Å²) in [4.78, 5) is 0. The summed E-state index contributed by atoms with van der Waals surface area (Å²) in [5.74, 6) is 0. The number of nitrogens with zero attached hydrogens (tertiary/aromatic N) is 1. The van der Waals surface area contributed by atoms with Crippen LogP contribution in [0, 0.1) is 16.7 Å². The highest BCUT2D eigenvalue weighted by molar-refractivity contribution is 5.18. The Morgan fingerprint density at radius 1 is 1.41 bits per heavy atom. The summed E-state index contributed by atoms with van der Waals surface area (Å²) in [5.41, 5.74) is 0.328. The fourth-order valence-electron chi connectivity index (χ4n) is 2.27. The molecule has 1 aliphatic rings. The van der Waals surface area contributed by atoms with Crippen LogP contribution in [0.1, 0.15) is 18.4 Å². The zero-order valence-corrected chi connectivity index (χ0v) is 9.80. The first kappa shape index (κ1) is 12.1. The zero-order chi connectivity index (χ0) is 12.1. The molecule has 0 bridgehead atoms. The SMILES string of the molecule is N#CC1(C(O)Cc2ccccc2)CCCOC1. The molecule has 0 aliphatic carbocycles. The van der Waals surface area contributed by atoms with Crippen LogP contribution in [0.5, 0.6) is 0 Å². The lowest BCUT2D eigenvalue weighted by Gasteiger charge is -2.34. The van der Waals surface area contributed by atoms with E-state index in [1.165, 1.54) is 0 Å². The molecule has 1 fully saturated rings. The van der Waals surface area contributed by atoms with Gasteiger partial charge in [-0.3, -0.25) is 0 Å². The van der Waals surface area contributed by atoms with Crippen LogP contribution in [0.4, 0.5) is 0 Å². The molecular weight excluding hydrogens is 214 g/mol. The van der Waals surface area contributed by atoms with Gasteiger partial charge in [-0.2, -0.15) is 5.26 Å². The van der Waals surface area contributed by atoms with Gasteiger partial charge in [0.1, 0.15) is 5.41 Å². The van der Waals surface area contributed by atoms with Gasteiger partial charge < -0.3 is 9.84 Å². The second-order valence-electron chi connectivity index (χ2n) is 4.63. The second-order valence-corrected chi connectivity index (χ2v) is 4.63. The predicted molar refractivity (Wildman–Crippen MR) is 64.3 cm³/mol. The van der Waals surface area contributed by atoms with Gasteiger partial charge in [-0.1, -0.05) is 30.3 Å². The summed E-state index contributed by atoms with van der Waals surface area (Å²) in [6.45, 7) is 1.04. The maximum atomic E-state index is 10.3. The van der Waals surface area contributed by atoms with Crippen LogP contribution in [0.3, 0.4) is 0 Å². The Balaban J connectivity index is 2.08. The fourth-order valence-corrected chi connectivity index (χ4v) is 2.27. The highest BCUT2D eigenvalue weighted by Gasteiger charge is 2.40. The molecule has 17 heavy (non-hydrogen) atoms. The van der Waals surface area contributed by atoms with E-state index < -0.39 is 11.5 Å². The van der Waals surface area contributed by atoms with Crippen LogP contribution < -0.4 is 0 Å². The first-order chi connectivity index (χ1) is 8.27. The Morgan fingerprint density at radius 3 is 2.76 bits per heavy atom. The summed E-state index contributed by atoms with van der Waals surface area (Å²) in [7, 11) is 0. The van der Waals surface area contributed by atoms with Gasteiger partial charge in [-0.15, -0.1) is 0 Å². The lowest BCUT2D eigenvalue weighted by molar-refractivity contribution is -0.0484. The van der Waals surface area contributed by atoms with Crippen molar-refractivity contribution in [3.05, 3.63) is 35.9 Å². The van der Waals surface area contributed by atoms with Crippen LogP contribution in [-0.4, -0.2) is 24.4 Å². The van der Waals surface area contributed by atoms with E-state index in [1.54, 1.807) is 0 Å². The maximum Gasteiger partial charge on any atom is 0.107 e. The number of hydrogen-bond acceptors (Lipinski definition) is 3. The summed E-state index contributed by atoms with van der Waals surface area (Å²) in [6, 6.07) is 12.0. The molecule has 90 valence electrons. The predicted octanol–water partition coefficient (Wildman–Crippen LogP) is 1.91. The highest BCUT2D eigenvalue weighted by atomic mass is 16.5. The third-order valence-electron chi connectivity index (χ3n) is 3.40. The van der Waals surface area contributed by atoms with E-state index in [0.717, 1.165) is 18.4 Å². The van der Waals surface area contributed by atoms with Crippen molar-refractivity contribution in [1.29, 1.82) is 5.26 Å². The smallest absolute Gasteiger partial charge is 0.107 e. The molecule has 1 saturated heterocycles. The van der Waals surface area contributed by atoms with Gasteiger partial charge >= 0.3 is 0 Å². The molecule has 1 N–H and O–H groups in total. The molecule has 2 atom stereocenters. The molecule has 0 amide bonds. The number of aliphatic hydroxyl groups excluding tert-OH is 1. The van der Waals surface area contributed by atoms with Crippen LogP contribution >= 0.6 is 0 Å². The number of aliphatic hydroxyl groups is 1. The number of benzene rings is 1. The molecule has 1 aliphatic heterocycles. The van der Waals surface area contributed by atoms with Crippen molar-refractivity contribution in [3.63, 3.8) is 0 Å². The fraction of sp³-hybridized carbons (Fsp3) is 0.500. The van der Waals surface area contributed by atoms with Crippen molar-refractivity contribution >= 4 is 0 Å². The first-order valence-electron chi connectivity index (χ1n) is 5.98. The Kier molecular flexibility index (Phi) is 3.78. The number of hydrogen-bond donors (Lipinski definition) is 1. The van der Waals surface area contributed by atoms with Gasteiger partial charge in [0.15, 0.2) is 0 Å². The Labute approximate surface area is 102 Å². The third-order valence-corrected chi connectivity index (χ3v) is 3.40. The summed E-state index contributed by atoms with van der Waals surface area (Å²) in [6.07, 6.45) is 1.42. The van der Waals surface area contributed by atoms with E-state index in [0.29, 0.717) is 19.6 Å². The Morgan fingerprint density at radius 2 is 2.18 bits per heavy atom. The van der Waals surface area contributed by atoms with Crippen molar-refractivity contribution in [2.24, 2.45) is 5.41 Å². The zero-order valence-electron chi connectivity index (χ0n) is 9.80. The van der Waals surface area contributed by atoms with E-state index in [-0.39, 0.29) is 0 Å². The average molecular weight is 231 g/mol. The first-order valence-corrected chi connectivity index (χ1v) is 5.98. The molecule has 2 unspecified atom stereocenters. The minimum Gasteiger partial charge on any atom is -0.391 e. The molecule has 0 radical (unpaired) electrons. The topological polar surface area (TPSA) is 53.2 Å². The van der Waals surface area contributed by atoms with Gasteiger partial charge in [-0.05, 0) is 18.4 Å². The van der Waals surface area contributed by atoms with Gasteiger partial charge in [0.05, 0.1) is 18.8 Å².